The van der Waals surface area contributed by atoms with Crippen molar-refractivity contribution < 1.29 is 9.90 Å². The number of carboxylic acids is 1. The number of aryl methyl sites for hydroxylation is 2. The number of imidazole rings is 1. The molecule has 0 saturated heterocycles. The predicted molar refractivity (Wildman–Crippen MR) is 113 cm³/mol. The van der Waals surface area contributed by atoms with Gasteiger partial charge in [-0.25, -0.2) is 14.6 Å². The van der Waals surface area contributed by atoms with E-state index in [1.807, 2.05) is 18.2 Å². The van der Waals surface area contributed by atoms with Gasteiger partial charge in [-0.05, 0) is 42.5 Å². The van der Waals surface area contributed by atoms with Crippen LogP contribution >= 0.6 is 23.7 Å². The number of rotatable bonds is 2. The molecule has 0 amide bonds. The van der Waals surface area contributed by atoms with Crippen LogP contribution in [-0.2, 0) is 19.4 Å². The smallest absolute Gasteiger partial charge is 0.372 e. The average molecular weight is 436 g/mol. The number of benzene rings is 1. The first-order valence-corrected chi connectivity index (χ1v) is 9.46. The van der Waals surface area contributed by atoms with Gasteiger partial charge in [-0.3, -0.25) is 4.79 Å². The summed E-state index contributed by atoms with van der Waals surface area (Å²) in [7, 11) is 0. The lowest BCUT2D eigenvalue weighted by Gasteiger charge is -1.95. The van der Waals surface area contributed by atoms with Crippen LogP contribution in [0.15, 0.2) is 27.8 Å². The third kappa shape index (κ3) is 3.95. The monoisotopic (exact) mass is 435 g/mol. The summed E-state index contributed by atoms with van der Waals surface area (Å²) in [6, 6.07) is 5.61. The van der Waals surface area contributed by atoms with Crippen LogP contribution < -0.4 is 17.0 Å². The molecule has 6 N–H and O–H groups in total. The Kier molecular flexibility index (Phi) is 5.87. The van der Waals surface area contributed by atoms with Crippen LogP contribution in [0.5, 0.6) is 0 Å². The summed E-state index contributed by atoms with van der Waals surface area (Å²) in [5, 5.41) is 9.37. The molecular formula is C18H18ClN5O4S. The Morgan fingerprint density at radius 1 is 1.17 bits per heavy atom. The molecule has 152 valence electrons. The molecule has 0 aliphatic heterocycles. The Labute approximate surface area is 173 Å². The maximum atomic E-state index is 11.8. The highest BCUT2D eigenvalue weighted by molar-refractivity contribution is 7.18. The number of halogens is 1. The number of hydrogen-bond acceptors (Lipinski definition) is 6. The third-order valence-corrected chi connectivity index (χ3v) is 5.78. The standard InChI is InChI=1S/C10H8N2O3S.C8H9N3O.ClH/c13-8-6-4-2-1-3-5(4)16-9(6)12-7(11-8)10(14)15;9-4-5-1-2-6-7(3-5)11-8(12)10-6;/h1-3H2,(H,14,15)(H,11,12,13);1-3H,4,9H2,(H2,10,11,12);1H. The summed E-state index contributed by atoms with van der Waals surface area (Å²) in [4.78, 5) is 46.7. The summed E-state index contributed by atoms with van der Waals surface area (Å²) >= 11 is 1.44. The molecule has 11 heteroatoms. The summed E-state index contributed by atoms with van der Waals surface area (Å²) < 4.78 is 0. The lowest BCUT2D eigenvalue weighted by Crippen LogP contribution is -2.15. The molecule has 0 radical (unpaired) electrons. The lowest BCUT2D eigenvalue weighted by atomic mass is 10.2. The number of carboxylic acid groups (broad SMARTS) is 1. The molecule has 0 unspecified atom stereocenters. The SMILES string of the molecule is Cl.NCc1ccc2[nH]c(=O)[nH]c2c1.O=C(O)c1nc2sc3c(c2c(=O)[nH]1)CCC3. The van der Waals surface area contributed by atoms with E-state index in [4.69, 9.17) is 10.8 Å². The minimum atomic E-state index is -1.20. The van der Waals surface area contributed by atoms with Crippen molar-refractivity contribution in [2.75, 3.05) is 0 Å². The van der Waals surface area contributed by atoms with Gasteiger partial charge in [0, 0.05) is 11.4 Å². The Balaban J connectivity index is 0.000000167. The third-order valence-electron chi connectivity index (χ3n) is 4.59. The van der Waals surface area contributed by atoms with E-state index in [9.17, 15) is 14.4 Å². The normalized spacial score (nSPS) is 12.3. The first-order chi connectivity index (χ1) is 13.5. The van der Waals surface area contributed by atoms with Gasteiger partial charge < -0.3 is 25.8 Å². The van der Waals surface area contributed by atoms with E-state index in [2.05, 4.69) is 19.9 Å². The Hall–Kier alpha value is -2.95. The lowest BCUT2D eigenvalue weighted by molar-refractivity contribution is 0.0683. The summed E-state index contributed by atoms with van der Waals surface area (Å²) in [5.41, 5.74) is 8.63. The van der Waals surface area contributed by atoms with Gasteiger partial charge in [-0.1, -0.05) is 6.07 Å². The van der Waals surface area contributed by atoms with E-state index in [0.29, 0.717) is 16.8 Å². The number of aromatic amines is 3. The highest BCUT2D eigenvalue weighted by atomic mass is 35.5. The number of nitrogens with zero attached hydrogens (tertiary/aromatic N) is 1. The quantitative estimate of drug-likeness (QED) is 0.323. The molecule has 3 aromatic heterocycles. The van der Waals surface area contributed by atoms with Crippen molar-refractivity contribution in [3.8, 4) is 0 Å². The van der Waals surface area contributed by atoms with Gasteiger partial charge >= 0.3 is 11.7 Å². The molecule has 0 bridgehead atoms. The van der Waals surface area contributed by atoms with E-state index in [1.54, 1.807) is 0 Å². The zero-order chi connectivity index (χ0) is 19.8. The zero-order valence-electron chi connectivity index (χ0n) is 15.1. The fourth-order valence-corrected chi connectivity index (χ4v) is 4.57. The predicted octanol–water partition coefficient (Wildman–Crippen LogP) is 1.91. The van der Waals surface area contributed by atoms with Crippen LogP contribution in [0.25, 0.3) is 21.3 Å². The van der Waals surface area contributed by atoms with Gasteiger partial charge in [-0.2, -0.15) is 0 Å². The molecule has 3 heterocycles. The molecule has 0 saturated carbocycles. The Morgan fingerprint density at radius 3 is 2.66 bits per heavy atom. The molecule has 1 aromatic carbocycles. The maximum absolute atomic E-state index is 11.8. The minimum Gasteiger partial charge on any atom is -0.475 e. The first kappa shape index (κ1) is 20.8. The second-order valence-corrected chi connectivity index (χ2v) is 7.50. The minimum absolute atomic E-state index is 0. The number of carbonyl (C=O) groups is 1. The molecule has 0 spiro atoms. The molecule has 1 aliphatic rings. The molecule has 5 rings (SSSR count). The summed E-state index contributed by atoms with van der Waals surface area (Å²) in [6.45, 7) is 0.489. The van der Waals surface area contributed by atoms with Crippen molar-refractivity contribution in [3.63, 3.8) is 0 Å². The first-order valence-electron chi connectivity index (χ1n) is 8.65. The highest BCUT2D eigenvalue weighted by Crippen LogP contribution is 2.34. The topological polar surface area (TPSA) is 158 Å². The van der Waals surface area contributed by atoms with Crippen molar-refractivity contribution in [1.82, 2.24) is 19.9 Å². The van der Waals surface area contributed by atoms with E-state index < -0.39 is 5.97 Å². The number of nitrogens with one attached hydrogen (secondary N) is 3. The number of hydrogen-bond donors (Lipinski definition) is 5. The van der Waals surface area contributed by atoms with Gasteiger partial charge in [-0.15, -0.1) is 23.7 Å². The van der Waals surface area contributed by atoms with Crippen molar-refractivity contribution in [2.24, 2.45) is 5.73 Å². The Bertz CT molecular complexity index is 1320. The zero-order valence-corrected chi connectivity index (χ0v) is 16.7. The van der Waals surface area contributed by atoms with E-state index in [0.717, 1.165) is 41.4 Å². The molecular weight excluding hydrogens is 418 g/mol. The molecule has 4 aromatic rings. The molecule has 0 fully saturated rings. The van der Waals surface area contributed by atoms with Gasteiger partial charge in [0.05, 0.1) is 16.4 Å². The average Bonchev–Trinajstić information content (AvgIpc) is 3.33. The number of fused-ring (bicyclic) bond motifs is 4. The van der Waals surface area contributed by atoms with Crippen LogP contribution in [0, 0.1) is 0 Å². The summed E-state index contributed by atoms with van der Waals surface area (Å²) in [5.74, 6) is -1.48. The number of aromatic carboxylic acids is 1. The molecule has 1 aliphatic carbocycles. The van der Waals surface area contributed by atoms with Crippen LogP contribution in [0.1, 0.15) is 33.0 Å². The van der Waals surface area contributed by atoms with Crippen LogP contribution in [-0.4, -0.2) is 31.0 Å². The fraction of sp³-hybridized carbons (Fsp3) is 0.222. The van der Waals surface area contributed by atoms with Crippen molar-refractivity contribution in [2.45, 2.75) is 25.8 Å². The fourth-order valence-electron chi connectivity index (χ4n) is 3.31. The van der Waals surface area contributed by atoms with Gasteiger partial charge in [0.15, 0.2) is 0 Å². The highest BCUT2D eigenvalue weighted by Gasteiger charge is 2.22. The molecule has 29 heavy (non-hydrogen) atoms. The number of nitrogens with two attached hydrogens (primary N) is 1. The van der Waals surface area contributed by atoms with E-state index in [-0.39, 0.29) is 29.5 Å². The van der Waals surface area contributed by atoms with Crippen molar-refractivity contribution in [3.05, 3.63) is 60.9 Å². The summed E-state index contributed by atoms with van der Waals surface area (Å²) in [6.07, 6.45) is 2.93. The second kappa shape index (κ2) is 8.19. The van der Waals surface area contributed by atoms with Crippen LogP contribution in [0.2, 0.25) is 0 Å². The van der Waals surface area contributed by atoms with Gasteiger partial charge in [0.25, 0.3) is 5.56 Å². The number of H-pyrrole nitrogens is 3. The molecule has 9 nitrogen and oxygen atoms in total. The largest absolute Gasteiger partial charge is 0.475 e. The van der Waals surface area contributed by atoms with Crippen molar-refractivity contribution >= 4 is 51.0 Å². The Morgan fingerprint density at radius 2 is 1.93 bits per heavy atom. The van der Waals surface area contributed by atoms with E-state index in [1.165, 1.54) is 16.2 Å². The number of aromatic nitrogens is 4. The van der Waals surface area contributed by atoms with Gasteiger partial charge in [0.1, 0.15) is 4.83 Å². The van der Waals surface area contributed by atoms with Crippen LogP contribution in [0.4, 0.5) is 0 Å². The maximum Gasteiger partial charge on any atom is 0.372 e. The molecule has 0 atom stereocenters. The number of thiophene rings is 1. The van der Waals surface area contributed by atoms with E-state index >= 15 is 0 Å². The second-order valence-electron chi connectivity index (χ2n) is 6.42. The van der Waals surface area contributed by atoms with Crippen molar-refractivity contribution in [1.29, 1.82) is 0 Å². The van der Waals surface area contributed by atoms with Gasteiger partial charge in [0.2, 0.25) is 5.82 Å². The van der Waals surface area contributed by atoms with Crippen LogP contribution in [0.3, 0.4) is 0 Å².